The second-order valence-corrected chi connectivity index (χ2v) is 5.97. The van der Waals surface area contributed by atoms with E-state index in [1.54, 1.807) is 4.90 Å². The number of hydrogen-bond donors (Lipinski definition) is 1. The molecule has 0 aromatic heterocycles. The van der Waals surface area contributed by atoms with Gasteiger partial charge in [0.05, 0.1) is 11.3 Å². The Morgan fingerprint density at radius 3 is 2.42 bits per heavy atom. The van der Waals surface area contributed by atoms with Gasteiger partial charge in [-0.1, -0.05) is 0 Å². The van der Waals surface area contributed by atoms with Gasteiger partial charge in [0.15, 0.2) is 6.10 Å². The molecule has 1 fully saturated rings. The van der Waals surface area contributed by atoms with Gasteiger partial charge in [0, 0.05) is 37.3 Å². The summed E-state index contributed by atoms with van der Waals surface area (Å²) in [7, 11) is 0. The Morgan fingerprint density at radius 1 is 1.23 bits per heavy atom. The molecule has 9 nitrogen and oxygen atoms in total. The van der Waals surface area contributed by atoms with Gasteiger partial charge in [0.25, 0.3) is 17.5 Å². The highest BCUT2D eigenvalue weighted by Crippen LogP contribution is 2.12. The minimum absolute atomic E-state index is 0.0410. The maximum atomic E-state index is 12.1. The fraction of sp³-hybridized carbons (Fsp3) is 0.471. The number of nitrogens with one attached hydrogen (secondary N) is 1. The fourth-order valence-corrected chi connectivity index (χ4v) is 2.62. The first-order valence-electron chi connectivity index (χ1n) is 8.39. The van der Waals surface area contributed by atoms with Gasteiger partial charge in [-0.25, -0.2) is 0 Å². The number of benzene rings is 1. The molecule has 2 amide bonds. The van der Waals surface area contributed by atoms with Crippen LogP contribution in [0.15, 0.2) is 24.3 Å². The molecule has 0 aliphatic carbocycles. The molecule has 1 atom stereocenters. The Balaban J connectivity index is 1.72. The van der Waals surface area contributed by atoms with E-state index in [0.29, 0.717) is 13.1 Å². The van der Waals surface area contributed by atoms with Crippen molar-refractivity contribution in [3.63, 3.8) is 0 Å². The van der Waals surface area contributed by atoms with Crippen molar-refractivity contribution in [3.8, 4) is 0 Å². The maximum Gasteiger partial charge on any atom is 0.308 e. The van der Waals surface area contributed by atoms with E-state index in [2.05, 4.69) is 5.32 Å². The average molecular weight is 363 g/mol. The smallest absolute Gasteiger partial charge is 0.308 e. The van der Waals surface area contributed by atoms with E-state index in [0.717, 1.165) is 12.8 Å². The number of rotatable bonds is 7. The molecule has 2 rings (SSSR count). The van der Waals surface area contributed by atoms with Crippen molar-refractivity contribution in [1.29, 1.82) is 0 Å². The summed E-state index contributed by atoms with van der Waals surface area (Å²) in [6, 6.07) is 5.13. The molecule has 1 saturated heterocycles. The predicted octanol–water partition coefficient (Wildman–Crippen LogP) is 1.27. The monoisotopic (exact) mass is 363 g/mol. The Labute approximate surface area is 150 Å². The molecule has 1 aliphatic heterocycles. The van der Waals surface area contributed by atoms with Crippen LogP contribution in [0.3, 0.4) is 0 Å². The van der Waals surface area contributed by atoms with Crippen LogP contribution in [0.1, 0.15) is 36.5 Å². The van der Waals surface area contributed by atoms with Crippen LogP contribution >= 0.6 is 0 Å². The van der Waals surface area contributed by atoms with Crippen LogP contribution in [0.4, 0.5) is 5.69 Å². The predicted molar refractivity (Wildman–Crippen MR) is 91.4 cm³/mol. The highest BCUT2D eigenvalue weighted by molar-refractivity contribution is 5.94. The number of carbonyl (C=O) groups excluding carboxylic acids is 3. The van der Waals surface area contributed by atoms with Crippen LogP contribution < -0.4 is 5.32 Å². The van der Waals surface area contributed by atoms with Crippen molar-refractivity contribution in [2.45, 2.75) is 32.3 Å². The van der Waals surface area contributed by atoms with Crippen LogP contribution in [0.5, 0.6) is 0 Å². The highest BCUT2D eigenvalue weighted by atomic mass is 16.6. The topological polar surface area (TPSA) is 119 Å². The van der Waals surface area contributed by atoms with Crippen LogP contribution in [-0.4, -0.2) is 53.3 Å². The molecule has 1 aliphatic rings. The van der Waals surface area contributed by atoms with Crippen LogP contribution in [-0.2, 0) is 14.3 Å². The van der Waals surface area contributed by atoms with E-state index >= 15 is 0 Å². The molecule has 1 aromatic rings. The summed E-state index contributed by atoms with van der Waals surface area (Å²) in [4.78, 5) is 47.5. The summed E-state index contributed by atoms with van der Waals surface area (Å²) in [6.07, 6.45) is 1.00. The van der Waals surface area contributed by atoms with Crippen LogP contribution in [0.2, 0.25) is 0 Å². The summed E-state index contributed by atoms with van der Waals surface area (Å²) in [5.74, 6) is -1.23. The van der Waals surface area contributed by atoms with Gasteiger partial charge in [-0.2, -0.15) is 0 Å². The second-order valence-electron chi connectivity index (χ2n) is 5.97. The van der Waals surface area contributed by atoms with Gasteiger partial charge < -0.3 is 15.0 Å². The molecule has 1 N–H and O–H groups in total. The molecule has 1 heterocycles. The SMILES string of the molecule is C[C@H](OC(=O)CCNC(=O)c1ccc([N+](=O)[O-])cc1)C(=O)N1CCCC1. The van der Waals surface area contributed by atoms with Crippen molar-refractivity contribution >= 4 is 23.5 Å². The molecule has 0 unspecified atom stereocenters. The van der Waals surface area contributed by atoms with Crippen molar-refractivity contribution in [1.82, 2.24) is 10.2 Å². The Morgan fingerprint density at radius 2 is 1.85 bits per heavy atom. The minimum Gasteiger partial charge on any atom is -0.452 e. The standard InChI is InChI=1S/C17H21N3O6/c1-12(17(23)19-10-2-3-11-19)26-15(21)8-9-18-16(22)13-4-6-14(7-5-13)20(24)25/h4-7,12H,2-3,8-11H2,1H3,(H,18,22)/t12-/m0/s1. The normalized spacial score (nSPS) is 14.6. The third-order valence-corrected chi connectivity index (χ3v) is 4.03. The van der Waals surface area contributed by atoms with Crippen LogP contribution in [0.25, 0.3) is 0 Å². The van der Waals surface area contributed by atoms with E-state index in [1.807, 2.05) is 0 Å². The molecule has 0 radical (unpaired) electrons. The van der Waals surface area contributed by atoms with E-state index in [1.165, 1.54) is 31.2 Å². The maximum absolute atomic E-state index is 12.1. The van der Waals surface area contributed by atoms with Gasteiger partial charge in [-0.05, 0) is 31.9 Å². The van der Waals surface area contributed by atoms with Gasteiger partial charge >= 0.3 is 5.97 Å². The Bertz CT molecular complexity index is 682. The zero-order valence-electron chi connectivity index (χ0n) is 14.5. The molecule has 1 aromatic carbocycles. The number of non-ortho nitro benzene ring substituents is 1. The number of esters is 1. The largest absolute Gasteiger partial charge is 0.452 e. The van der Waals surface area contributed by atoms with Gasteiger partial charge in [0.1, 0.15) is 0 Å². The number of hydrogen-bond acceptors (Lipinski definition) is 6. The first-order valence-corrected chi connectivity index (χ1v) is 8.39. The summed E-state index contributed by atoms with van der Waals surface area (Å²) in [5.41, 5.74) is 0.142. The van der Waals surface area contributed by atoms with Crippen molar-refractivity contribution in [2.24, 2.45) is 0 Å². The quantitative estimate of drug-likeness (QED) is 0.443. The molecule has 26 heavy (non-hydrogen) atoms. The zero-order valence-corrected chi connectivity index (χ0v) is 14.5. The number of carbonyl (C=O) groups is 3. The number of ether oxygens (including phenoxy) is 1. The number of likely N-dealkylation sites (tertiary alicyclic amines) is 1. The Kier molecular flexibility index (Phi) is 6.65. The molecule has 0 spiro atoms. The summed E-state index contributed by atoms with van der Waals surface area (Å²) >= 11 is 0. The highest BCUT2D eigenvalue weighted by Gasteiger charge is 2.25. The average Bonchev–Trinajstić information content (AvgIpc) is 3.15. The minimum atomic E-state index is -0.842. The first kappa shape index (κ1) is 19.4. The Hall–Kier alpha value is -2.97. The lowest BCUT2D eigenvalue weighted by Crippen LogP contribution is -2.38. The third kappa shape index (κ3) is 5.27. The molecular formula is C17H21N3O6. The van der Waals surface area contributed by atoms with Gasteiger partial charge in [-0.15, -0.1) is 0 Å². The van der Waals surface area contributed by atoms with E-state index < -0.39 is 22.9 Å². The number of nitro benzene ring substituents is 1. The van der Waals surface area contributed by atoms with E-state index in [9.17, 15) is 24.5 Å². The molecule has 0 saturated carbocycles. The first-order chi connectivity index (χ1) is 12.4. The molecular weight excluding hydrogens is 342 g/mol. The molecule has 0 bridgehead atoms. The zero-order chi connectivity index (χ0) is 19.1. The van der Waals surface area contributed by atoms with Crippen molar-refractivity contribution < 1.29 is 24.0 Å². The lowest BCUT2D eigenvalue weighted by Gasteiger charge is -2.20. The number of nitrogens with zero attached hydrogens (tertiary/aromatic N) is 2. The van der Waals surface area contributed by atoms with Crippen LogP contribution in [0, 0.1) is 10.1 Å². The summed E-state index contributed by atoms with van der Waals surface area (Å²) in [5, 5.41) is 13.1. The summed E-state index contributed by atoms with van der Waals surface area (Å²) < 4.78 is 5.10. The third-order valence-electron chi connectivity index (χ3n) is 4.03. The number of amides is 2. The van der Waals surface area contributed by atoms with E-state index in [-0.39, 0.29) is 30.1 Å². The van der Waals surface area contributed by atoms with Gasteiger partial charge in [-0.3, -0.25) is 24.5 Å². The molecule has 9 heteroatoms. The number of nitro groups is 1. The lowest BCUT2D eigenvalue weighted by molar-refractivity contribution is -0.384. The lowest BCUT2D eigenvalue weighted by atomic mass is 10.2. The second kappa shape index (κ2) is 8.93. The van der Waals surface area contributed by atoms with Gasteiger partial charge in [0.2, 0.25) is 0 Å². The molecule has 140 valence electrons. The van der Waals surface area contributed by atoms with E-state index in [4.69, 9.17) is 4.74 Å². The van der Waals surface area contributed by atoms with Crippen molar-refractivity contribution in [3.05, 3.63) is 39.9 Å². The fourth-order valence-electron chi connectivity index (χ4n) is 2.62. The van der Waals surface area contributed by atoms with Crippen molar-refractivity contribution in [2.75, 3.05) is 19.6 Å². The summed E-state index contributed by atoms with van der Waals surface area (Å²) in [6.45, 7) is 2.95.